The van der Waals surface area contributed by atoms with Crippen LogP contribution < -0.4 is 9.47 Å². The molecule has 0 bridgehead atoms. The molecule has 0 aromatic heterocycles. The molecular formula is C35H27FO10. The van der Waals surface area contributed by atoms with Gasteiger partial charge in [0.15, 0.2) is 5.78 Å². The number of allylic oxidation sites excluding steroid dienone is 1. The van der Waals surface area contributed by atoms with Crippen molar-refractivity contribution >= 4 is 42.0 Å². The van der Waals surface area contributed by atoms with Gasteiger partial charge in [-0.2, -0.15) is 0 Å². The van der Waals surface area contributed by atoms with E-state index >= 15 is 0 Å². The molecule has 0 saturated carbocycles. The fourth-order valence-electron chi connectivity index (χ4n) is 6.12. The molecule has 11 heteroatoms. The number of benzene rings is 3. The molecule has 3 aliphatic rings. The van der Waals surface area contributed by atoms with Gasteiger partial charge in [0.25, 0.3) is 0 Å². The number of ketones is 1. The second kappa shape index (κ2) is 12.9. The van der Waals surface area contributed by atoms with Crippen LogP contribution >= 0.6 is 0 Å². The lowest BCUT2D eigenvalue weighted by Crippen LogP contribution is -2.31. The molecule has 10 nitrogen and oxygen atoms in total. The molecule has 46 heavy (non-hydrogen) atoms. The maximum absolute atomic E-state index is 13.1. The van der Waals surface area contributed by atoms with Crippen LogP contribution in [0.5, 0.6) is 11.5 Å². The smallest absolute Gasteiger partial charge is 0.321 e. The molecule has 0 spiro atoms. The molecule has 2 heterocycles. The van der Waals surface area contributed by atoms with E-state index in [4.69, 9.17) is 18.9 Å². The minimum Gasteiger partial charge on any atom is -0.490 e. The number of carbonyl (C=O) groups is 6. The minimum absolute atomic E-state index is 0.000699. The minimum atomic E-state index is -0.880. The van der Waals surface area contributed by atoms with E-state index in [9.17, 15) is 33.2 Å². The van der Waals surface area contributed by atoms with Crippen LogP contribution in [-0.2, 0) is 33.4 Å². The van der Waals surface area contributed by atoms with E-state index in [0.29, 0.717) is 34.5 Å². The molecule has 5 unspecified atom stereocenters. The summed E-state index contributed by atoms with van der Waals surface area (Å²) in [6, 6.07) is 17.1. The van der Waals surface area contributed by atoms with Crippen LogP contribution in [0.1, 0.15) is 58.1 Å². The Kier molecular flexibility index (Phi) is 8.56. The Morgan fingerprint density at radius 1 is 0.848 bits per heavy atom. The molecule has 2 fully saturated rings. The van der Waals surface area contributed by atoms with Crippen molar-refractivity contribution in [1.29, 1.82) is 0 Å². The van der Waals surface area contributed by atoms with Gasteiger partial charge in [-0.15, -0.1) is 0 Å². The van der Waals surface area contributed by atoms with Gasteiger partial charge < -0.3 is 23.7 Å². The van der Waals surface area contributed by atoms with Gasteiger partial charge in [-0.05, 0) is 83.6 Å². The standard InChI is InChI=1S/C35H27FO10/c36-21-6-4-20(5-7-21)30(38)12-3-19-1-8-22(9-2-19)43-18-24(13-14-37)44-23-10-11-25-26(28-17-31(39)45-33(28)40)16-29-32(27(25)15-23)35(42)46-34(29)41/h1-12,14-15,24,26,28-29,32H,13,16-18H2. The van der Waals surface area contributed by atoms with E-state index < -0.39 is 59.5 Å². The highest BCUT2D eigenvalue weighted by atomic mass is 19.1. The first kappa shape index (κ1) is 30.6. The highest BCUT2D eigenvalue weighted by molar-refractivity contribution is 6.06. The summed E-state index contributed by atoms with van der Waals surface area (Å²) in [7, 11) is 0. The van der Waals surface area contributed by atoms with Gasteiger partial charge in [0, 0.05) is 12.0 Å². The molecule has 3 aromatic carbocycles. The molecule has 5 atom stereocenters. The average Bonchev–Trinajstić information content (AvgIpc) is 3.54. The zero-order valence-corrected chi connectivity index (χ0v) is 24.3. The van der Waals surface area contributed by atoms with Crippen LogP contribution in [0.3, 0.4) is 0 Å². The van der Waals surface area contributed by atoms with E-state index in [1.54, 1.807) is 48.5 Å². The molecule has 0 radical (unpaired) electrons. The highest BCUT2D eigenvalue weighted by Gasteiger charge is 2.53. The second-order valence-corrected chi connectivity index (χ2v) is 11.3. The van der Waals surface area contributed by atoms with E-state index in [-0.39, 0.29) is 31.7 Å². The third-order valence-corrected chi connectivity index (χ3v) is 8.38. The Hall–Kier alpha value is -5.45. The average molecular weight is 627 g/mol. The van der Waals surface area contributed by atoms with Crippen molar-refractivity contribution in [1.82, 2.24) is 0 Å². The van der Waals surface area contributed by atoms with Crippen LogP contribution in [0.4, 0.5) is 4.39 Å². The predicted molar refractivity (Wildman–Crippen MR) is 157 cm³/mol. The van der Waals surface area contributed by atoms with Gasteiger partial charge in [0.05, 0.1) is 24.2 Å². The normalized spacial score (nSPS) is 22.5. The van der Waals surface area contributed by atoms with Crippen LogP contribution in [0.25, 0.3) is 6.08 Å². The molecule has 2 aliphatic heterocycles. The number of fused-ring (bicyclic) bond motifs is 3. The number of rotatable bonds is 11. The van der Waals surface area contributed by atoms with Gasteiger partial charge in [-0.25, -0.2) is 4.39 Å². The van der Waals surface area contributed by atoms with Crippen LogP contribution in [0.15, 0.2) is 72.8 Å². The van der Waals surface area contributed by atoms with Crippen LogP contribution in [-0.4, -0.2) is 48.7 Å². The topological polar surface area (TPSA) is 139 Å². The van der Waals surface area contributed by atoms with Gasteiger partial charge in [0.1, 0.15) is 36.3 Å². The number of esters is 4. The van der Waals surface area contributed by atoms with Crippen molar-refractivity contribution in [2.45, 2.75) is 37.2 Å². The predicted octanol–water partition coefficient (Wildman–Crippen LogP) is 4.50. The van der Waals surface area contributed by atoms with Crippen molar-refractivity contribution in [3.8, 4) is 11.5 Å². The fraction of sp³-hybridized carbons (Fsp3) is 0.257. The van der Waals surface area contributed by atoms with E-state index in [0.717, 1.165) is 5.56 Å². The second-order valence-electron chi connectivity index (χ2n) is 11.3. The number of hydrogen-bond acceptors (Lipinski definition) is 10. The summed E-state index contributed by atoms with van der Waals surface area (Å²) in [5.41, 5.74) is 2.19. The van der Waals surface area contributed by atoms with Crippen molar-refractivity contribution in [3.05, 3.63) is 101 Å². The number of carbonyl (C=O) groups excluding carboxylic acids is 6. The summed E-state index contributed by atoms with van der Waals surface area (Å²) < 4.78 is 34.7. The number of cyclic esters (lactones) is 4. The summed E-state index contributed by atoms with van der Waals surface area (Å²) in [6.07, 6.45) is 3.04. The summed E-state index contributed by atoms with van der Waals surface area (Å²) in [6.45, 7) is -0.000699. The van der Waals surface area contributed by atoms with Crippen LogP contribution in [0.2, 0.25) is 0 Å². The zero-order valence-electron chi connectivity index (χ0n) is 24.3. The molecule has 0 amide bonds. The van der Waals surface area contributed by atoms with E-state index in [1.165, 1.54) is 30.3 Å². The van der Waals surface area contributed by atoms with Crippen molar-refractivity contribution in [2.75, 3.05) is 6.61 Å². The molecule has 6 rings (SSSR count). The first-order valence-electron chi connectivity index (χ1n) is 14.6. The molecule has 234 valence electrons. The number of halogens is 1. The quantitative estimate of drug-likeness (QED) is 0.0983. The van der Waals surface area contributed by atoms with Gasteiger partial charge in [-0.1, -0.05) is 24.3 Å². The first-order chi connectivity index (χ1) is 22.2. The molecule has 1 aliphatic carbocycles. The van der Waals surface area contributed by atoms with Crippen molar-refractivity contribution in [2.24, 2.45) is 11.8 Å². The Bertz CT molecular complexity index is 1740. The summed E-state index contributed by atoms with van der Waals surface area (Å²) in [4.78, 5) is 73.2. The maximum Gasteiger partial charge on any atom is 0.321 e. The molecule has 2 saturated heterocycles. The Morgan fingerprint density at radius 3 is 2.26 bits per heavy atom. The van der Waals surface area contributed by atoms with Gasteiger partial charge >= 0.3 is 23.9 Å². The fourth-order valence-corrected chi connectivity index (χ4v) is 6.12. The first-order valence-corrected chi connectivity index (χ1v) is 14.6. The third kappa shape index (κ3) is 6.35. The molecule has 0 N–H and O–H groups in total. The monoisotopic (exact) mass is 626 g/mol. The van der Waals surface area contributed by atoms with Gasteiger partial charge in [-0.3, -0.25) is 24.0 Å². The zero-order chi connectivity index (χ0) is 32.4. The van der Waals surface area contributed by atoms with Crippen molar-refractivity contribution < 1.29 is 52.1 Å². The Balaban J connectivity index is 1.14. The van der Waals surface area contributed by atoms with E-state index in [1.807, 2.05) is 0 Å². The largest absolute Gasteiger partial charge is 0.490 e. The Labute approximate surface area is 262 Å². The highest BCUT2D eigenvalue weighted by Crippen LogP contribution is 2.51. The summed E-state index contributed by atoms with van der Waals surface area (Å²) in [5, 5.41) is 0. The summed E-state index contributed by atoms with van der Waals surface area (Å²) >= 11 is 0. The van der Waals surface area contributed by atoms with Gasteiger partial charge in [0.2, 0.25) is 0 Å². The lowest BCUT2D eigenvalue weighted by molar-refractivity contribution is -0.155. The maximum atomic E-state index is 13.1. The lowest BCUT2D eigenvalue weighted by Gasteiger charge is -2.33. The molecular weight excluding hydrogens is 599 g/mol. The number of ether oxygens (including phenoxy) is 4. The lowest BCUT2D eigenvalue weighted by atomic mass is 9.67. The summed E-state index contributed by atoms with van der Waals surface area (Å²) in [5.74, 6) is -5.56. The number of hydrogen-bond donors (Lipinski definition) is 0. The van der Waals surface area contributed by atoms with E-state index in [2.05, 4.69) is 0 Å². The van der Waals surface area contributed by atoms with Crippen LogP contribution in [0, 0.1) is 17.7 Å². The number of aldehydes is 1. The third-order valence-electron chi connectivity index (χ3n) is 8.38. The van der Waals surface area contributed by atoms with Crippen molar-refractivity contribution in [3.63, 3.8) is 0 Å². The Morgan fingerprint density at radius 2 is 1.57 bits per heavy atom. The SMILES string of the molecule is O=CCC(COc1ccc(C=CC(=O)c2ccc(F)cc2)cc1)Oc1ccc2c(c1)C1C(=O)OC(=O)C1CC2C1CC(=O)OC1=O. The molecule has 3 aromatic rings.